The molecule has 1 saturated carbocycles. The van der Waals surface area contributed by atoms with E-state index in [1.165, 1.54) is 4.31 Å². The van der Waals surface area contributed by atoms with Gasteiger partial charge < -0.3 is 4.74 Å². The minimum absolute atomic E-state index is 0.0826. The van der Waals surface area contributed by atoms with Gasteiger partial charge in [-0.25, -0.2) is 0 Å². The van der Waals surface area contributed by atoms with Gasteiger partial charge >= 0.3 is 6.18 Å². The van der Waals surface area contributed by atoms with Crippen molar-refractivity contribution in [2.24, 2.45) is 5.92 Å². The molecule has 118 valence electrons. The van der Waals surface area contributed by atoms with Crippen LogP contribution in [0.2, 0.25) is 0 Å². The van der Waals surface area contributed by atoms with E-state index in [-0.39, 0.29) is 25.9 Å². The van der Waals surface area contributed by atoms with Crippen LogP contribution in [0.1, 0.15) is 25.7 Å². The Bertz CT molecular complexity index is 421. The van der Waals surface area contributed by atoms with Crippen LogP contribution in [0.5, 0.6) is 0 Å². The van der Waals surface area contributed by atoms with Crippen molar-refractivity contribution in [1.29, 1.82) is 0 Å². The molecule has 9 heteroatoms. The van der Waals surface area contributed by atoms with E-state index in [2.05, 4.69) is 4.72 Å². The molecule has 0 spiro atoms. The first-order chi connectivity index (χ1) is 9.29. The summed E-state index contributed by atoms with van der Waals surface area (Å²) in [4.78, 5) is 0. The third-order valence-corrected chi connectivity index (χ3v) is 5.44. The number of hydrogen-bond donors (Lipinski definition) is 1. The highest BCUT2D eigenvalue weighted by molar-refractivity contribution is 7.87. The lowest BCUT2D eigenvalue weighted by Crippen LogP contribution is -2.51. The first kappa shape index (κ1) is 16.0. The molecule has 0 bridgehead atoms. The molecule has 0 radical (unpaired) electrons. The summed E-state index contributed by atoms with van der Waals surface area (Å²) in [6, 6.07) is -0.636. The highest BCUT2D eigenvalue weighted by Gasteiger charge is 2.43. The molecule has 0 aromatic carbocycles. The third-order valence-electron chi connectivity index (χ3n) is 3.76. The normalized spacial score (nSPS) is 30.4. The summed E-state index contributed by atoms with van der Waals surface area (Å²) in [5, 5.41) is 0. The first-order valence-electron chi connectivity index (χ1n) is 6.71. The van der Waals surface area contributed by atoms with E-state index in [4.69, 9.17) is 4.74 Å². The average molecular weight is 316 g/mol. The fraction of sp³-hybridized carbons (Fsp3) is 1.00. The molecule has 20 heavy (non-hydrogen) atoms. The smallest absolute Gasteiger partial charge is 0.379 e. The Kier molecular flexibility index (Phi) is 4.93. The van der Waals surface area contributed by atoms with Crippen molar-refractivity contribution in [1.82, 2.24) is 9.03 Å². The zero-order chi connectivity index (χ0) is 14.8. The van der Waals surface area contributed by atoms with Gasteiger partial charge in [0.05, 0.1) is 19.1 Å². The zero-order valence-electron chi connectivity index (χ0n) is 11.0. The van der Waals surface area contributed by atoms with Crippen molar-refractivity contribution in [2.75, 3.05) is 26.3 Å². The van der Waals surface area contributed by atoms with Gasteiger partial charge in [0, 0.05) is 19.1 Å². The molecule has 2 fully saturated rings. The standard InChI is InChI=1S/C11H19F3N2O3S/c12-11(13,14)9-2-1-3-10(8-9)15-20(17,18)16-4-6-19-7-5-16/h9-10,15H,1-8H2. The molecule has 1 aliphatic heterocycles. The summed E-state index contributed by atoms with van der Waals surface area (Å²) in [5.41, 5.74) is 0. The second-order valence-electron chi connectivity index (χ2n) is 5.24. The van der Waals surface area contributed by atoms with Crippen molar-refractivity contribution < 1.29 is 26.3 Å². The summed E-state index contributed by atoms with van der Waals surface area (Å²) in [5.74, 6) is -1.41. The predicted molar refractivity (Wildman–Crippen MR) is 66.2 cm³/mol. The van der Waals surface area contributed by atoms with Gasteiger partial charge in [0.2, 0.25) is 0 Å². The number of morpholine rings is 1. The molecule has 0 aromatic heterocycles. The van der Waals surface area contributed by atoms with Crippen LogP contribution in [0.4, 0.5) is 13.2 Å². The molecular formula is C11H19F3N2O3S. The quantitative estimate of drug-likeness (QED) is 0.853. The lowest BCUT2D eigenvalue weighted by molar-refractivity contribution is -0.183. The Balaban J connectivity index is 1.94. The molecule has 1 saturated heterocycles. The van der Waals surface area contributed by atoms with Gasteiger partial charge in [-0.3, -0.25) is 0 Å². The summed E-state index contributed by atoms with van der Waals surface area (Å²) >= 11 is 0. The van der Waals surface area contributed by atoms with Gasteiger partial charge in [-0.1, -0.05) is 6.42 Å². The minimum Gasteiger partial charge on any atom is -0.379 e. The maximum atomic E-state index is 12.7. The topological polar surface area (TPSA) is 58.6 Å². The van der Waals surface area contributed by atoms with Crippen molar-refractivity contribution in [2.45, 2.75) is 37.9 Å². The van der Waals surface area contributed by atoms with Crippen molar-refractivity contribution >= 4 is 10.2 Å². The third kappa shape index (κ3) is 4.06. The second-order valence-corrected chi connectivity index (χ2v) is 6.94. The molecule has 1 heterocycles. The molecule has 5 nitrogen and oxygen atoms in total. The molecule has 2 atom stereocenters. The van der Waals surface area contributed by atoms with Crippen molar-refractivity contribution in [3.8, 4) is 0 Å². The molecule has 0 amide bonds. The van der Waals surface area contributed by atoms with Crippen LogP contribution in [0.15, 0.2) is 0 Å². The van der Waals surface area contributed by atoms with Crippen LogP contribution >= 0.6 is 0 Å². The van der Waals surface area contributed by atoms with E-state index in [1.807, 2.05) is 0 Å². The van der Waals surface area contributed by atoms with E-state index < -0.39 is 28.3 Å². The highest BCUT2D eigenvalue weighted by atomic mass is 32.2. The van der Waals surface area contributed by atoms with Gasteiger partial charge in [0.1, 0.15) is 0 Å². The number of nitrogens with one attached hydrogen (secondary N) is 1. The van der Waals surface area contributed by atoms with Crippen LogP contribution in [0.3, 0.4) is 0 Å². The highest BCUT2D eigenvalue weighted by Crippen LogP contribution is 2.37. The van der Waals surface area contributed by atoms with E-state index in [1.54, 1.807) is 0 Å². The fourth-order valence-corrected chi connectivity index (χ4v) is 4.08. The van der Waals surface area contributed by atoms with Gasteiger partial charge in [0.15, 0.2) is 0 Å². The number of rotatable bonds is 3. The number of ether oxygens (including phenoxy) is 1. The maximum absolute atomic E-state index is 12.7. The number of alkyl halides is 3. The average Bonchev–Trinajstić information content (AvgIpc) is 2.38. The van der Waals surface area contributed by atoms with Crippen LogP contribution in [-0.2, 0) is 14.9 Å². The molecule has 0 aromatic rings. The minimum atomic E-state index is -4.25. The Labute approximate surface area is 116 Å². The predicted octanol–water partition coefficient (Wildman–Crippen LogP) is 1.27. The molecule has 2 unspecified atom stereocenters. The van der Waals surface area contributed by atoms with Crippen molar-refractivity contribution in [3.05, 3.63) is 0 Å². The largest absolute Gasteiger partial charge is 0.391 e. The van der Waals surface area contributed by atoms with Gasteiger partial charge in [-0.05, 0) is 19.3 Å². The Morgan fingerprint density at radius 3 is 2.40 bits per heavy atom. The van der Waals surface area contributed by atoms with Crippen LogP contribution in [-0.4, -0.2) is 51.2 Å². The molecule has 2 aliphatic rings. The lowest BCUT2D eigenvalue weighted by Gasteiger charge is -2.33. The van der Waals surface area contributed by atoms with Crippen LogP contribution in [0.25, 0.3) is 0 Å². The van der Waals surface area contributed by atoms with E-state index in [0.29, 0.717) is 26.1 Å². The molecular weight excluding hydrogens is 297 g/mol. The first-order valence-corrected chi connectivity index (χ1v) is 8.15. The Morgan fingerprint density at radius 2 is 1.80 bits per heavy atom. The molecule has 1 aliphatic carbocycles. The summed E-state index contributed by atoms with van der Waals surface area (Å²) in [6.07, 6.45) is -3.49. The molecule has 2 rings (SSSR count). The van der Waals surface area contributed by atoms with Crippen molar-refractivity contribution in [3.63, 3.8) is 0 Å². The van der Waals surface area contributed by atoms with Gasteiger partial charge in [-0.2, -0.15) is 30.6 Å². The van der Waals surface area contributed by atoms with E-state index in [0.717, 1.165) is 0 Å². The lowest BCUT2D eigenvalue weighted by atomic mass is 9.86. The van der Waals surface area contributed by atoms with Crippen LogP contribution < -0.4 is 4.72 Å². The zero-order valence-corrected chi connectivity index (χ0v) is 11.8. The summed E-state index contributed by atoms with van der Waals surface area (Å²) in [6.45, 7) is 1.11. The Hall–Kier alpha value is -0.380. The SMILES string of the molecule is O=S(=O)(NC1CCCC(C(F)(F)F)C1)N1CCOCC1. The monoisotopic (exact) mass is 316 g/mol. The fourth-order valence-electron chi connectivity index (χ4n) is 2.67. The summed E-state index contributed by atoms with van der Waals surface area (Å²) < 4.78 is 71.0. The number of hydrogen-bond acceptors (Lipinski definition) is 3. The second kappa shape index (κ2) is 6.17. The van der Waals surface area contributed by atoms with E-state index in [9.17, 15) is 21.6 Å². The molecule has 1 N–H and O–H groups in total. The Morgan fingerprint density at radius 1 is 1.15 bits per heavy atom. The van der Waals surface area contributed by atoms with Gasteiger partial charge in [0.25, 0.3) is 10.2 Å². The summed E-state index contributed by atoms with van der Waals surface area (Å²) in [7, 11) is -3.72. The van der Waals surface area contributed by atoms with Crippen LogP contribution in [0, 0.1) is 5.92 Å². The maximum Gasteiger partial charge on any atom is 0.391 e. The van der Waals surface area contributed by atoms with Gasteiger partial charge in [-0.15, -0.1) is 0 Å². The number of nitrogens with zero attached hydrogens (tertiary/aromatic N) is 1. The number of halogens is 3. The van der Waals surface area contributed by atoms with E-state index >= 15 is 0 Å².